The standard InChI is InChI=1S/C11H21N3O2/c1-7(2)13-9-5-4-6-14(11(9)16)8(3)10(12)15/h7-9,13H,4-6H2,1-3H3,(H2,12,15). The fourth-order valence-electron chi connectivity index (χ4n) is 1.99. The first-order valence-electron chi connectivity index (χ1n) is 5.79. The predicted molar refractivity (Wildman–Crippen MR) is 61.7 cm³/mol. The average Bonchev–Trinajstić information content (AvgIpc) is 2.19. The molecule has 1 rings (SSSR count). The van der Waals surface area contributed by atoms with E-state index in [-0.39, 0.29) is 18.0 Å². The molecule has 2 unspecified atom stereocenters. The fraction of sp³-hybridized carbons (Fsp3) is 0.818. The summed E-state index contributed by atoms with van der Waals surface area (Å²) < 4.78 is 0. The van der Waals surface area contributed by atoms with Crippen LogP contribution in [-0.2, 0) is 9.59 Å². The highest BCUT2D eigenvalue weighted by atomic mass is 16.2. The van der Waals surface area contributed by atoms with Crippen LogP contribution in [0.25, 0.3) is 0 Å². The van der Waals surface area contributed by atoms with Crippen molar-refractivity contribution < 1.29 is 9.59 Å². The second-order valence-corrected chi connectivity index (χ2v) is 4.63. The highest BCUT2D eigenvalue weighted by molar-refractivity contribution is 5.89. The highest BCUT2D eigenvalue weighted by Crippen LogP contribution is 2.15. The van der Waals surface area contributed by atoms with Crippen LogP contribution in [0.2, 0.25) is 0 Å². The number of amides is 2. The quantitative estimate of drug-likeness (QED) is 0.701. The molecule has 5 nitrogen and oxygen atoms in total. The minimum Gasteiger partial charge on any atom is -0.368 e. The van der Waals surface area contributed by atoms with Crippen molar-refractivity contribution >= 4 is 11.8 Å². The van der Waals surface area contributed by atoms with Crippen molar-refractivity contribution in [2.75, 3.05) is 6.54 Å². The first kappa shape index (κ1) is 13.0. The van der Waals surface area contributed by atoms with Crippen molar-refractivity contribution in [3.05, 3.63) is 0 Å². The van der Waals surface area contributed by atoms with Gasteiger partial charge in [-0.15, -0.1) is 0 Å². The SMILES string of the molecule is CC(C)NC1CCCN(C(C)C(N)=O)C1=O. The molecule has 3 N–H and O–H groups in total. The van der Waals surface area contributed by atoms with Gasteiger partial charge in [0.25, 0.3) is 0 Å². The Balaban J connectivity index is 2.67. The Morgan fingerprint density at radius 1 is 1.50 bits per heavy atom. The molecular weight excluding hydrogens is 206 g/mol. The number of carbonyl (C=O) groups is 2. The fourth-order valence-corrected chi connectivity index (χ4v) is 1.99. The predicted octanol–water partition coefficient (Wildman–Crippen LogP) is -0.151. The first-order chi connectivity index (χ1) is 7.43. The summed E-state index contributed by atoms with van der Waals surface area (Å²) >= 11 is 0. The summed E-state index contributed by atoms with van der Waals surface area (Å²) in [6.45, 7) is 6.31. The van der Waals surface area contributed by atoms with Gasteiger partial charge < -0.3 is 16.0 Å². The molecule has 0 aromatic carbocycles. The second-order valence-electron chi connectivity index (χ2n) is 4.63. The van der Waals surface area contributed by atoms with Gasteiger partial charge in [-0.3, -0.25) is 9.59 Å². The van der Waals surface area contributed by atoms with Gasteiger partial charge in [-0.2, -0.15) is 0 Å². The molecule has 0 aromatic rings. The Labute approximate surface area is 96.4 Å². The molecule has 16 heavy (non-hydrogen) atoms. The Hall–Kier alpha value is -1.10. The lowest BCUT2D eigenvalue weighted by atomic mass is 10.0. The zero-order valence-corrected chi connectivity index (χ0v) is 10.2. The summed E-state index contributed by atoms with van der Waals surface area (Å²) in [4.78, 5) is 24.7. The van der Waals surface area contributed by atoms with E-state index in [0.29, 0.717) is 6.54 Å². The van der Waals surface area contributed by atoms with Crippen molar-refractivity contribution in [3.63, 3.8) is 0 Å². The number of nitrogens with one attached hydrogen (secondary N) is 1. The number of hydrogen-bond acceptors (Lipinski definition) is 3. The molecule has 5 heteroatoms. The summed E-state index contributed by atoms with van der Waals surface area (Å²) in [5.74, 6) is -0.454. The molecule has 0 aromatic heterocycles. The van der Waals surface area contributed by atoms with Crippen LogP contribution in [0, 0.1) is 0 Å². The van der Waals surface area contributed by atoms with E-state index in [2.05, 4.69) is 5.32 Å². The van der Waals surface area contributed by atoms with Gasteiger partial charge >= 0.3 is 0 Å². The van der Waals surface area contributed by atoms with E-state index in [9.17, 15) is 9.59 Å². The lowest BCUT2D eigenvalue weighted by molar-refractivity contribution is -0.143. The van der Waals surface area contributed by atoms with Gasteiger partial charge in [0, 0.05) is 12.6 Å². The molecule has 2 atom stereocenters. The minimum absolute atomic E-state index is 0.00810. The van der Waals surface area contributed by atoms with Crippen molar-refractivity contribution in [2.45, 2.75) is 51.7 Å². The maximum Gasteiger partial charge on any atom is 0.240 e. The van der Waals surface area contributed by atoms with Crippen LogP contribution in [0.1, 0.15) is 33.6 Å². The number of likely N-dealkylation sites (tertiary alicyclic amines) is 1. The molecular formula is C11H21N3O2. The zero-order valence-electron chi connectivity index (χ0n) is 10.2. The van der Waals surface area contributed by atoms with Crippen molar-refractivity contribution in [1.82, 2.24) is 10.2 Å². The normalized spacial score (nSPS) is 23.6. The maximum absolute atomic E-state index is 12.1. The Kier molecular flexibility index (Phi) is 4.29. The molecule has 2 amide bonds. The summed E-state index contributed by atoms with van der Waals surface area (Å²) in [6.07, 6.45) is 1.74. The maximum atomic E-state index is 12.1. The summed E-state index contributed by atoms with van der Waals surface area (Å²) in [7, 11) is 0. The Morgan fingerprint density at radius 3 is 2.62 bits per heavy atom. The molecule has 0 saturated carbocycles. The largest absolute Gasteiger partial charge is 0.368 e. The number of nitrogens with two attached hydrogens (primary N) is 1. The van der Waals surface area contributed by atoms with Gasteiger partial charge in [0.15, 0.2) is 0 Å². The smallest absolute Gasteiger partial charge is 0.240 e. The third-order valence-corrected chi connectivity index (χ3v) is 2.89. The van der Waals surface area contributed by atoms with Crippen LogP contribution in [-0.4, -0.2) is 41.4 Å². The molecule has 0 aliphatic carbocycles. The molecule has 0 bridgehead atoms. The number of primary amides is 1. The number of carbonyl (C=O) groups excluding carboxylic acids is 2. The summed E-state index contributed by atoms with van der Waals surface area (Å²) in [5, 5.41) is 3.21. The first-order valence-corrected chi connectivity index (χ1v) is 5.79. The zero-order chi connectivity index (χ0) is 12.3. The van der Waals surface area contributed by atoms with Gasteiger partial charge in [0.2, 0.25) is 11.8 Å². The van der Waals surface area contributed by atoms with E-state index in [1.807, 2.05) is 13.8 Å². The molecule has 1 fully saturated rings. The van der Waals surface area contributed by atoms with Crippen LogP contribution in [0.3, 0.4) is 0 Å². The minimum atomic E-state index is -0.510. The number of nitrogens with zero attached hydrogens (tertiary/aromatic N) is 1. The summed E-state index contributed by atoms with van der Waals surface area (Å²) in [6, 6.07) is -0.419. The lowest BCUT2D eigenvalue weighted by Crippen LogP contribution is -2.57. The third kappa shape index (κ3) is 2.95. The van der Waals surface area contributed by atoms with Gasteiger partial charge in [0.1, 0.15) is 6.04 Å². The van der Waals surface area contributed by atoms with E-state index in [1.165, 1.54) is 0 Å². The van der Waals surface area contributed by atoms with Gasteiger partial charge in [0.05, 0.1) is 6.04 Å². The Bertz CT molecular complexity index is 278. The van der Waals surface area contributed by atoms with Crippen LogP contribution < -0.4 is 11.1 Å². The van der Waals surface area contributed by atoms with Gasteiger partial charge in [-0.1, -0.05) is 13.8 Å². The number of rotatable bonds is 4. The van der Waals surface area contributed by atoms with Crippen LogP contribution in [0.4, 0.5) is 0 Å². The van der Waals surface area contributed by atoms with Gasteiger partial charge in [-0.05, 0) is 19.8 Å². The van der Waals surface area contributed by atoms with E-state index in [4.69, 9.17) is 5.73 Å². The molecule has 0 radical (unpaired) electrons. The second kappa shape index (κ2) is 5.30. The van der Waals surface area contributed by atoms with E-state index < -0.39 is 11.9 Å². The average molecular weight is 227 g/mol. The van der Waals surface area contributed by atoms with Crippen LogP contribution in [0.15, 0.2) is 0 Å². The highest BCUT2D eigenvalue weighted by Gasteiger charge is 2.33. The van der Waals surface area contributed by atoms with E-state index in [1.54, 1.807) is 11.8 Å². The van der Waals surface area contributed by atoms with Crippen LogP contribution in [0.5, 0.6) is 0 Å². The topological polar surface area (TPSA) is 75.4 Å². The van der Waals surface area contributed by atoms with E-state index >= 15 is 0 Å². The lowest BCUT2D eigenvalue weighted by Gasteiger charge is -2.36. The molecule has 1 aliphatic rings. The van der Waals surface area contributed by atoms with Crippen molar-refractivity contribution in [1.29, 1.82) is 0 Å². The van der Waals surface area contributed by atoms with Crippen molar-refractivity contribution in [3.8, 4) is 0 Å². The van der Waals surface area contributed by atoms with Crippen molar-refractivity contribution in [2.24, 2.45) is 5.73 Å². The molecule has 1 aliphatic heterocycles. The molecule has 1 heterocycles. The Morgan fingerprint density at radius 2 is 2.12 bits per heavy atom. The third-order valence-electron chi connectivity index (χ3n) is 2.89. The summed E-state index contributed by atoms with van der Waals surface area (Å²) in [5.41, 5.74) is 5.22. The number of piperidine rings is 1. The van der Waals surface area contributed by atoms with Gasteiger partial charge in [-0.25, -0.2) is 0 Å². The molecule has 92 valence electrons. The molecule has 1 saturated heterocycles. The monoisotopic (exact) mass is 227 g/mol. The number of hydrogen-bond donors (Lipinski definition) is 2. The molecule has 0 spiro atoms. The van der Waals surface area contributed by atoms with E-state index in [0.717, 1.165) is 12.8 Å². The van der Waals surface area contributed by atoms with Crippen LogP contribution >= 0.6 is 0 Å².